The van der Waals surface area contributed by atoms with Gasteiger partial charge >= 0.3 is 0 Å². The molecule has 0 bridgehead atoms. The van der Waals surface area contributed by atoms with Crippen LogP contribution in [-0.2, 0) is 21.4 Å². The monoisotopic (exact) mass is 538 g/mol. The van der Waals surface area contributed by atoms with Crippen molar-refractivity contribution in [1.82, 2.24) is 14.7 Å². The molecule has 10 nitrogen and oxygen atoms in total. The maximum atomic E-state index is 13.2. The average molecular weight is 539 g/mol. The van der Waals surface area contributed by atoms with Gasteiger partial charge in [-0.2, -0.15) is 13.4 Å². The number of carbonyl (C=O) groups is 1. The summed E-state index contributed by atoms with van der Waals surface area (Å²) in [6.07, 6.45) is 1.86. The van der Waals surface area contributed by atoms with E-state index in [1.54, 1.807) is 18.3 Å². The second kappa shape index (κ2) is 10.2. The number of amides is 1. The molecular weight excluding hydrogens is 508 g/mol. The molecule has 1 saturated heterocycles. The highest BCUT2D eigenvalue weighted by Gasteiger charge is 2.39. The van der Waals surface area contributed by atoms with Gasteiger partial charge in [0.15, 0.2) is 11.6 Å². The zero-order valence-corrected chi connectivity index (χ0v) is 22.3. The van der Waals surface area contributed by atoms with Crippen molar-refractivity contribution in [2.45, 2.75) is 50.7 Å². The molecule has 0 saturated carbocycles. The highest BCUT2D eigenvalue weighted by atomic mass is 32.2. The van der Waals surface area contributed by atoms with Crippen LogP contribution in [0.3, 0.4) is 0 Å². The van der Waals surface area contributed by atoms with E-state index in [1.807, 2.05) is 24.3 Å². The molecular formula is C27H30N4O6S. The number of rotatable bonds is 7. The largest absolute Gasteiger partial charge is 0.471 e. The van der Waals surface area contributed by atoms with Crippen molar-refractivity contribution in [2.75, 3.05) is 18.1 Å². The second-order valence-electron chi connectivity index (χ2n) is 10.1. The lowest BCUT2D eigenvalue weighted by molar-refractivity contribution is -0.126. The van der Waals surface area contributed by atoms with Gasteiger partial charge in [0.25, 0.3) is 15.9 Å². The lowest BCUT2D eigenvalue weighted by Gasteiger charge is -2.33. The highest BCUT2D eigenvalue weighted by molar-refractivity contribution is 7.90. The highest BCUT2D eigenvalue weighted by Crippen LogP contribution is 2.37. The summed E-state index contributed by atoms with van der Waals surface area (Å²) in [6, 6.07) is 15.0. The standard InChI is InChI=1S/C27H30N4O6S/c1-18-14-27(2,3)31(15-18)25-20(9-7-13-28-25)26(32)30-38(33,34)23-12-6-11-22(29-23)35-17-24-36-16-19-8-4-5-10-21(19)37-24/h4-13,18,24H,14-17H2,1-3H3,(H,30,32). The number of carbonyl (C=O) groups excluding carboxylic acids is 1. The summed E-state index contributed by atoms with van der Waals surface area (Å²) in [5.74, 6) is 0.854. The Labute approximate surface area is 222 Å². The Hall–Kier alpha value is -3.70. The first-order chi connectivity index (χ1) is 18.1. The van der Waals surface area contributed by atoms with E-state index in [0.29, 0.717) is 24.1 Å². The Bertz CT molecular complexity index is 1440. The summed E-state index contributed by atoms with van der Waals surface area (Å²) in [5.41, 5.74) is 0.894. The van der Waals surface area contributed by atoms with Gasteiger partial charge in [0.2, 0.25) is 12.2 Å². The first-order valence-corrected chi connectivity index (χ1v) is 13.9. The van der Waals surface area contributed by atoms with E-state index in [0.717, 1.165) is 18.5 Å². The maximum Gasteiger partial charge on any atom is 0.281 e. The minimum atomic E-state index is -4.29. The van der Waals surface area contributed by atoms with Crippen molar-refractivity contribution in [1.29, 1.82) is 0 Å². The van der Waals surface area contributed by atoms with E-state index in [2.05, 4.69) is 40.4 Å². The topological polar surface area (TPSA) is 120 Å². The third-order valence-electron chi connectivity index (χ3n) is 6.58. The third kappa shape index (κ3) is 5.44. The van der Waals surface area contributed by atoms with E-state index >= 15 is 0 Å². The van der Waals surface area contributed by atoms with Crippen LogP contribution in [0.2, 0.25) is 0 Å². The van der Waals surface area contributed by atoms with Crippen molar-refractivity contribution >= 4 is 21.7 Å². The fourth-order valence-electron chi connectivity index (χ4n) is 4.94. The molecule has 200 valence electrons. The quantitative estimate of drug-likeness (QED) is 0.482. The van der Waals surface area contributed by atoms with Crippen molar-refractivity contribution in [3.05, 3.63) is 71.9 Å². The lowest BCUT2D eigenvalue weighted by Crippen LogP contribution is -2.41. The molecule has 1 fully saturated rings. The number of pyridine rings is 2. The van der Waals surface area contributed by atoms with Crippen LogP contribution in [0, 0.1) is 5.92 Å². The molecule has 0 spiro atoms. The summed E-state index contributed by atoms with van der Waals surface area (Å²) in [5, 5.41) is -0.347. The van der Waals surface area contributed by atoms with Gasteiger partial charge in [-0.1, -0.05) is 31.2 Å². The van der Waals surface area contributed by atoms with E-state index < -0.39 is 22.2 Å². The predicted molar refractivity (Wildman–Crippen MR) is 139 cm³/mol. The molecule has 2 unspecified atom stereocenters. The molecule has 0 radical (unpaired) electrons. The summed E-state index contributed by atoms with van der Waals surface area (Å²) in [6.45, 7) is 7.41. The van der Waals surface area contributed by atoms with E-state index in [-0.39, 0.29) is 28.6 Å². The Kier molecular flexibility index (Phi) is 6.97. The fraction of sp³-hybridized carbons (Fsp3) is 0.370. The van der Waals surface area contributed by atoms with E-state index in [4.69, 9.17) is 14.2 Å². The van der Waals surface area contributed by atoms with Crippen LogP contribution in [0.25, 0.3) is 0 Å². The molecule has 11 heteroatoms. The molecule has 2 atom stereocenters. The zero-order valence-electron chi connectivity index (χ0n) is 21.5. The van der Waals surface area contributed by atoms with Gasteiger partial charge in [0.1, 0.15) is 11.6 Å². The Morgan fingerprint density at radius 1 is 1.16 bits per heavy atom. The third-order valence-corrected chi connectivity index (χ3v) is 7.82. The number of fused-ring (bicyclic) bond motifs is 1. The maximum absolute atomic E-state index is 13.2. The molecule has 2 aliphatic rings. The Balaban J connectivity index is 1.28. The molecule has 4 heterocycles. The number of ether oxygens (including phenoxy) is 3. The zero-order chi connectivity index (χ0) is 26.9. The van der Waals surface area contributed by atoms with Gasteiger partial charge in [-0.15, -0.1) is 0 Å². The summed E-state index contributed by atoms with van der Waals surface area (Å²) < 4.78 is 45.4. The van der Waals surface area contributed by atoms with Crippen LogP contribution < -0.4 is 19.1 Å². The number of nitrogens with one attached hydrogen (secondary N) is 1. The fourth-order valence-corrected chi connectivity index (χ4v) is 5.86. The lowest BCUT2D eigenvalue weighted by atomic mass is 9.97. The van der Waals surface area contributed by atoms with Gasteiger partial charge in [-0.25, -0.2) is 9.71 Å². The van der Waals surface area contributed by atoms with Crippen LogP contribution in [-0.4, -0.2) is 49.3 Å². The molecule has 3 aromatic rings. The van der Waals surface area contributed by atoms with Crippen LogP contribution in [0.4, 0.5) is 5.82 Å². The van der Waals surface area contributed by atoms with Gasteiger partial charge in [-0.3, -0.25) is 4.79 Å². The van der Waals surface area contributed by atoms with Gasteiger partial charge in [0.05, 0.1) is 12.2 Å². The number of hydrogen-bond acceptors (Lipinski definition) is 9. The van der Waals surface area contributed by atoms with Gasteiger partial charge in [-0.05, 0) is 50.5 Å². The van der Waals surface area contributed by atoms with Crippen LogP contribution in [0.1, 0.15) is 43.1 Å². The molecule has 0 aliphatic carbocycles. The van der Waals surface area contributed by atoms with Gasteiger partial charge < -0.3 is 19.1 Å². The molecule has 1 amide bonds. The molecule has 38 heavy (non-hydrogen) atoms. The number of aromatic nitrogens is 2. The molecule has 2 aromatic heterocycles. The molecule has 1 N–H and O–H groups in total. The molecule has 5 rings (SSSR count). The molecule has 2 aliphatic heterocycles. The average Bonchev–Trinajstić information content (AvgIpc) is 3.18. The van der Waals surface area contributed by atoms with Crippen molar-refractivity contribution in [2.24, 2.45) is 5.92 Å². The van der Waals surface area contributed by atoms with Crippen molar-refractivity contribution < 1.29 is 27.4 Å². The van der Waals surface area contributed by atoms with Crippen molar-refractivity contribution in [3.63, 3.8) is 0 Å². The SMILES string of the molecule is CC1CN(c2ncccc2C(=O)NS(=O)(=O)c2cccc(OCC3OCc4ccccc4O3)n2)C(C)(C)C1. The Morgan fingerprint density at radius 3 is 2.76 bits per heavy atom. The summed E-state index contributed by atoms with van der Waals surface area (Å²) >= 11 is 0. The first kappa shape index (κ1) is 25.9. The van der Waals surface area contributed by atoms with E-state index in [9.17, 15) is 13.2 Å². The van der Waals surface area contributed by atoms with Crippen LogP contribution in [0.5, 0.6) is 11.6 Å². The van der Waals surface area contributed by atoms with Crippen molar-refractivity contribution in [3.8, 4) is 11.6 Å². The predicted octanol–water partition coefficient (Wildman–Crippen LogP) is 3.53. The summed E-state index contributed by atoms with van der Waals surface area (Å²) in [7, 11) is -4.29. The number of benzene rings is 1. The number of hydrogen-bond donors (Lipinski definition) is 1. The second-order valence-corrected chi connectivity index (χ2v) is 11.8. The summed E-state index contributed by atoms with van der Waals surface area (Å²) in [4.78, 5) is 23.7. The number of anilines is 1. The minimum Gasteiger partial charge on any atom is -0.471 e. The number of nitrogens with zero attached hydrogens (tertiary/aromatic N) is 3. The smallest absolute Gasteiger partial charge is 0.281 e. The number of sulfonamides is 1. The van der Waals surface area contributed by atoms with E-state index in [1.165, 1.54) is 18.2 Å². The van der Waals surface area contributed by atoms with Crippen LogP contribution in [0.15, 0.2) is 65.8 Å². The van der Waals surface area contributed by atoms with Gasteiger partial charge in [0, 0.05) is 29.9 Å². The molecule has 1 aromatic carbocycles. The normalized spacial score (nSPS) is 20.3. The Morgan fingerprint density at radius 2 is 1.97 bits per heavy atom. The number of para-hydroxylation sites is 1. The minimum absolute atomic E-state index is 0.000280. The van der Waals surface area contributed by atoms with Crippen LogP contribution >= 0.6 is 0 Å². The first-order valence-electron chi connectivity index (χ1n) is 12.4.